The standard InChI is InChI=1S/C12H26N2O/c1-5-10-14(6-2)12(15)8-7-9-13-11(3)4/h11,13H,5-10H2,1-4H3. The van der Waals surface area contributed by atoms with Gasteiger partial charge in [0.15, 0.2) is 0 Å². The minimum atomic E-state index is 0.296. The van der Waals surface area contributed by atoms with Gasteiger partial charge >= 0.3 is 0 Å². The van der Waals surface area contributed by atoms with Gasteiger partial charge in [-0.05, 0) is 26.3 Å². The van der Waals surface area contributed by atoms with E-state index >= 15 is 0 Å². The molecule has 15 heavy (non-hydrogen) atoms. The summed E-state index contributed by atoms with van der Waals surface area (Å²) in [6.07, 6.45) is 2.66. The van der Waals surface area contributed by atoms with Gasteiger partial charge in [-0.25, -0.2) is 0 Å². The lowest BCUT2D eigenvalue weighted by molar-refractivity contribution is -0.131. The van der Waals surface area contributed by atoms with Crippen LogP contribution in [0.2, 0.25) is 0 Å². The first-order chi connectivity index (χ1) is 7.11. The van der Waals surface area contributed by atoms with E-state index in [9.17, 15) is 4.79 Å². The summed E-state index contributed by atoms with van der Waals surface area (Å²) in [6.45, 7) is 11.1. The van der Waals surface area contributed by atoms with Crippen molar-refractivity contribution in [2.45, 2.75) is 53.0 Å². The zero-order chi connectivity index (χ0) is 11.7. The molecule has 0 bridgehead atoms. The largest absolute Gasteiger partial charge is 0.343 e. The molecule has 0 aliphatic rings. The number of hydrogen-bond donors (Lipinski definition) is 1. The smallest absolute Gasteiger partial charge is 0.222 e. The molecule has 1 N–H and O–H groups in total. The van der Waals surface area contributed by atoms with Gasteiger partial charge in [0.25, 0.3) is 0 Å². The molecule has 0 aromatic rings. The second-order valence-electron chi connectivity index (χ2n) is 4.19. The Balaban J connectivity index is 3.62. The van der Waals surface area contributed by atoms with Crippen LogP contribution in [-0.2, 0) is 4.79 Å². The van der Waals surface area contributed by atoms with Gasteiger partial charge in [-0.3, -0.25) is 4.79 Å². The first kappa shape index (κ1) is 14.4. The fourth-order valence-corrected chi connectivity index (χ4v) is 1.52. The first-order valence-electron chi connectivity index (χ1n) is 6.12. The highest BCUT2D eigenvalue weighted by molar-refractivity contribution is 5.76. The minimum absolute atomic E-state index is 0.296. The Bertz CT molecular complexity index is 169. The van der Waals surface area contributed by atoms with E-state index in [1.807, 2.05) is 11.8 Å². The second kappa shape index (κ2) is 8.72. The molecule has 0 aliphatic heterocycles. The zero-order valence-electron chi connectivity index (χ0n) is 10.7. The van der Waals surface area contributed by atoms with Gasteiger partial charge < -0.3 is 10.2 Å². The Morgan fingerprint density at radius 2 is 2.00 bits per heavy atom. The maximum absolute atomic E-state index is 11.7. The molecule has 0 saturated carbocycles. The Morgan fingerprint density at radius 3 is 2.47 bits per heavy atom. The molecular weight excluding hydrogens is 188 g/mol. The Hall–Kier alpha value is -0.570. The molecular formula is C12H26N2O. The van der Waals surface area contributed by atoms with Crippen molar-refractivity contribution in [3.05, 3.63) is 0 Å². The van der Waals surface area contributed by atoms with Crippen molar-refractivity contribution in [1.82, 2.24) is 10.2 Å². The lowest BCUT2D eigenvalue weighted by atomic mass is 10.2. The van der Waals surface area contributed by atoms with Crippen LogP contribution in [0.15, 0.2) is 0 Å². The molecule has 3 nitrogen and oxygen atoms in total. The summed E-state index contributed by atoms with van der Waals surface area (Å²) in [5, 5.41) is 3.32. The van der Waals surface area contributed by atoms with Crippen LogP contribution in [0, 0.1) is 0 Å². The summed E-state index contributed by atoms with van der Waals surface area (Å²) in [5.41, 5.74) is 0. The molecule has 0 heterocycles. The number of nitrogens with one attached hydrogen (secondary N) is 1. The van der Waals surface area contributed by atoms with E-state index in [1.54, 1.807) is 0 Å². The summed E-state index contributed by atoms with van der Waals surface area (Å²) >= 11 is 0. The summed E-state index contributed by atoms with van der Waals surface area (Å²) < 4.78 is 0. The third kappa shape index (κ3) is 7.37. The van der Waals surface area contributed by atoms with Crippen molar-refractivity contribution in [3.63, 3.8) is 0 Å². The molecule has 0 rings (SSSR count). The molecule has 0 saturated heterocycles. The third-order valence-electron chi connectivity index (χ3n) is 2.35. The Morgan fingerprint density at radius 1 is 1.33 bits per heavy atom. The molecule has 0 fully saturated rings. The molecule has 0 spiro atoms. The fourth-order valence-electron chi connectivity index (χ4n) is 1.52. The van der Waals surface area contributed by atoms with Gasteiger partial charge in [0.05, 0.1) is 0 Å². The van der Waals surface area contributed by atoms with Gasteiger partial charge in [0.1, 0.15) is 0 Å². The summed E-state index contributed by atoms with van der Waals surface area (Å²) in [5.74, 6) is 0.296. The summed E-state index contributed by atoms with van der Waals surface area (Å²) in [6, 6.07) is 0.512. The van der Waals surface area contributed by atoms with E-state index in [2.05, 4.69) is 26.1 Å². The van der Waals surface area contributed by atoms with Gasteiger partial charge in [-0.15, -0.1) is 0 Å². The Labute approximate surface area is 94.2 Å². The van der Waals surface area contributed by atoms with Crippen molar-refractivity contribution in [3.8, 4) is 0 Å². The van der Waals surface area contributed by atoms with Crippen LogP contribution in [0.3, 0.4) is 0 Å². The van der Waals surface area contributed by atoms with Crippen molar-refractivity contribution in [2.75, 3.05) is 19.6 Å². The molecule has 90 valence electrons. The van der Waals surface area contributed by atoms with Crippen molar-refractivity contribution >= 4 is 5.91 Å². The molecule has 0 atom stereocenters. The van der Waals surface area contributed by atoms with Crippen LogP contribution < -0.4 is 5.32 Å². The molecule has 0 aromatic carbocycles. The van der Waals surface area contributed by atoms with Crippen LogP contribution in [0.1, 0.15) is 47.0 Å². The van der Waals surface area contributed by atoms with Crippen LogP contribution in [-0.4, -0.2) is 36.5 Å². The average Bonchev–Trinajstić information content (AvgIpc) is 2.20. The molecule has 0 aliphatic carbocycles. The van der Waals surface area contributed by atoms with E-state index in [-0.39, 0.29) is 0 Å². The number of carbonyl (C=O) groups excluding carboxylic acids is 1. The van der Waals surface area contributed by atoms with Crippen molar-refractivity contribution < 1.29 is 4.79 Å². The van der Waals surface area contributed by atoms with E-state index in [0.29, 0.717) is 18.4 Å². The number of nitrogens with zero attached hydrogens (tertiary/aromatic N) is 1. The predicted molar refractivity (Wildman–Crippen MR) is 64.9 cm³/mol. The molecule has 3 heteroatoms. The van der Waals surface area contributed by atoms with Crippen molar-refractivity contribution in [1.29, 1.82) is 0 Å². The van der Waals surface area contributed by atoms with E-state index in [4.69, 9.17) is 0 Å². The van der Waals surface area contributed by atoms with Gasteiger partial charge in [0, 0.05) is 25.6 Å². The highest BCUT2D eigenvalue weighted by atomic mass is 16.2. The van der Waals surface area contributed by atoms with Crippen LogP contribution in [0.5, 0.6) is 0 Å². The lowest BCUT2D eigenvalue weighted by Gasteiger charge is -2.20. The van der Waals surface area contributed by atoms with E-state index in [0.717, 1.165) is 32.5 Å². The fraction of sp³-hybridized carbons (Fsp3) is 0.917. The highest BCUT2D eigenvalue weighted by Crippen LogP contribution is 1.99. The molecule has 0 aromatic heterocycles. The van der Waals surface area contributed by atoms with E-state index in [1.165, 1.54) is 0 Å². The van der Waals surface area contributed by atoms with Gasteiger partial charge in [-0.2, -0.15) is 0 Å². The van der Waals surface area contributed by atoms with Crippen molar-refractivity contribution in [2.24, 2.45) is 0 Å². The number of rotatable bonds is 8. The highest BCUT2D eigenvalue weighted by Gasteiger charge is 2.09. The topological polar surface area (TPSA) is 32.3 Å². The number of amides is 1. The summed E-state index contributed by atoms with van der Waals surface area (Å²) in [4.78, 5) is 13.6. The van der Waals surface area contributed by atoms with Gasteiger partial charge in [0.2, 0.25) is 5.91 Å². The Kier molecular flexibility index (Phi) is 8.38. The molecule has 0 unspecified atom stereocenters. The van der Waals surface area contributed by atoms with E-state index < -0.39 is 0 Å². The monoisotopic (exact) mass is 214 g/mol. The normalized spacial score (nSPS) is 10.7. The maximum Gasteiger partial charge on any atom is 0.222 e. The van der Waals surface area contributed by atoms with Crippen LogP contribution >= 0.6 is 0 Å². The SMILES string of the molecule is CCCN(CC)C(=O)CCCNC(C)C. The third-order valence-corrected chi connectivity index (χ3v) is 2.35. The first-order valence-corrected chi connectivity index (χ1v) is 6.12. The zero-order valence-corrected chi connectivity index (χ0v) is 10.7. The maximum atomic E-state index is 11.7. The second-order valence-corrected chi connectivity index (χ2v) is 4.19. The number of carbonyl (C=O) groups is 1. The summed E-state index contributed by atoms with van der Waals surface area (Å²) in [7, 11) is 0. The lowest BCUT2D eigenvalue weighted by Crippen LogP contribution is -2.32. The minimum Gasteiger partial charge on any atom is -0.343 e. The molecule has 0 radical (unpaired) electrons. The van der Waals surface area contributed by atoms with Crippen LogP contribution in [0.4, 0.5) is 0 Å². The number of hydrogen-bond acceptors (Lipinski definition) is 2. The average molecular weight is 214 g/mol. The quantitative estimate of drug-likeness (QED) is 0.627. The molecule has 1 amide bonds. The predicted octanol–water partition coefficient (Wildman–Crippen LogP) is 2.02. The van der Waals surface area contributed by atoms with Crippen LogP contribution in [0.25, 0.3) is 0 Å². The van der Waals surface area contributed by atoms with Gasteiger partial charge in [-0.1, -0.05) is 20.8 Å².